The molecule has 2 fully saturated rings. The predicted molar refractivity (Wildman–Crippen MR) is 138 cm³/mol. The number of fused-ring (bicyclic) bond motifs is 2. The summed E-state index contributed by atoms with van der Waals surface area (Å²) in [6.45, 7) is 6.76. The number of alkyl halides is 2. The lowest BCUT2D eigenvalue weighted by molar-refractivity contribution is -0.129. The van der Waals surface area contributed by atoms with Crippen molar-refractivity contribution in [2.45, 2.75) is 76.8 Å². The third-order valence-corrected chi connectivity index (χ3v) is 8.72. The minimum Gasteiger partial charge on any atom is -0.381 e. The predicted octanol–water partition coefficient (Wildman–Crippen LogP) is 4.63. The van der Waals surface area contributed by atoms with Crippen molar-refractivity contribution in [2.75, 3.05) is 44.3 Å². The fourth-order valence-electron chi connectivity index (χ4n) is 6.71. The van der Waals surface area contributed by atoms with Gasteiger partial charge in [-0.15, -0.1) is 0 Å². The van der Waals surface area contributed by atoms with Crippen LogP contribution in [0.5, 0.6) is 0 Å². The lowest BCUT2D eigenvalue weighted by Gasteiger charge is -2.34. The Labute approximate surface area is 217 Å². The van der Waals surface area contributed by atoms with Crippen molar-refractivity contribution in [3.8, 4) is 0 Å². The number of aryl methyl sites for hydroxylation is 1. The number of hydrogen-bond donors (Lipinski definition) is 1. The van der Waals surface area contributed by atoms with Crippen LogP contribution in [0.4, 0.5) is 20.3 Å². The zero-order chi connectivity index (χ0) is 25.5. The van der Waals surface area contributed by atoms with Crippen LogP contribution in [0.15, 0.2) is 12.1 Å². The Morgan fingerprint density at radius 2 is 1.89 bits per heavy atom. The van der Waals surface area contributed by atoms with E-state index < -0.39 is 6.43 Å². The molecular formula is C28H37F2N5O2. The van der Waals surface area contributed by atoms with Crippen molar-refractivity contribution in [2.24, 2.45) is 0 Å². The van der Waals surface area contributed by atoms with E-state index in [9.17, 15) is 13.6 Å². The Morgan fingerprint density at radius 1 is 1.11 bits per heavy atom. The first-order valence-corrected chi connectivity index (χ1v) is 13.9. The van der Waals surface area contributed by atoms with E-state index >= 15 is 0 Å². The molecule has 0 bridgehead atoms. The van der Waals surface area contributed by atoms with Crippen molar-refractivity contribution < 1.29 is 18.3 Å². The van der Waals surface area contributed by atoms with Gasteiger partial charge in [0.2, 0.25) is 5.91 Å². The largest absolute Gasteiger partial charge is 0.381 e. The van der Waals surface area contributed by atoms with Gasteiger partial charge in [0.1, 0.15) is 0 Å². The number of aromatic nitrogens is 2. The van der Waals surface area contributed by atoms with Gasteiger partial charge in [0, 0.05) is 62.2 Å². The van der Waals surface area contributed by atoms with Gasteiger partial charge in [0.15, 0.2) is 5.82 Å². The van der Waals surface area contributed by atoms with Gasteiger partial charge in [0.25, 0.3) is 6.43 Å². The normalized spacial score (nSPS) is 21.3. The van der Waals surface area contributed by atoms with Gasteiger partial charge in [-0.2, -0.15) is 5.10 Å². The number of benzene rings is 1. The van der Waals surface area contributed by atoms with Gasteiger partial charge in [0.05, 0.1) is 12.6 Å². The van der Waals surface area contributed by atoms with E-state index in [2.05, 4.69) is 21.0 Å². The number of ether oxygens (including phenoxy) is 1. The van der Waals surface area contributed by atoms with Crippen LogP contribution in [0.3, 0.4) is 0 Å². The Balaban J connectivity index is 1.44. The Kier molecular flexibility index (Phi) is 6.92. The average molecular weight is 514 g/mol. The third kappa shape index (κ3) is 4.65. The number of carbonyl (C=O) groups excluding carboxylic acids is 1. The molecule has 4 aliphatic heterocycles. The molecule has 1 aromatic heterocycles. The molecule has 37 heavy (non-hydrogen) atoms. The van der Waals surface area contributed by atoms with Crippen LogP contribution in [0, 0.1) is 0 Å². The number of hydrogen-bond acceptors (Lipinski definition) is 5. The quantitative estimate of drug-likeness (QED) is 0.646. The van der Waals surface area contributed by atoms with Gasteiger partial charge in [-0.05, 0) is 74.7 Å². The second-order valence-electron chi connectivity index (χ2n) is 10.9. The molecule has 5 heterocycles. The fourth-order valence-corrected chi connectivity index (χ4v) is 6.71. The SMILES string of the molecule is CC(=O)N1CCc2c(c(N3CCCc4cc(C5CCOCC5)c(C(F)F)cc43)nn2C2CCNCC2)C1. The highest BCUT2D eigenvalue weighted by Gasteiger charge is 2.34. The first-order chi connectivity index (χ1) is 18.0. The third-order valence-electron chi connectivity index (χ3n) is 8.72. The maximum absolute atomic E-state index is 14.4. The summed E-state index contributed by atoms with van der Waals surface area (Å²) < 4.78 is 36.6. The highest BCUT2D eigenvalue weighted by atomic mass is 19.3. The maximum Gasteiger partial charge on any atom is 0.264 e. The van der Waals surface area contributed by atoms with Crippen molar-refractivity contribution in [3.05, 3.63) is 40.1 Å². The van der Waals surface area contributed by atoms with E-state index in [1.807, 2.05) is 4.90 Å². The molecule has 1 N–H and O–H groups in total. The standard InChI is InChI=1S/C28H37F2N5O2/c1-18(36)33-12-6-25-24(17-33)28(32-35(25)21-4-9-31-10-5-21)34-11-2-3-20-15-22(19-7-13-37-14-8-19)23(27(29)30)16-26(20)34/h15-16,19,21,27,31H,2-14,17H2,1H3. The summed E-state index contributed by atoms with van der Waals surface area (Å²) in [5, 5.41) is 8.63. The van der Waals surface area contributed by atoms with Gasteiger partial charge >= 0.3 is 0 Å². The number of nitrogens with one attached hydrogen (secondary N) is 1. The van der Waals surface area contributed by atoms with E-state index in [4.69, 9.17) is 9.84 Å². The molecular weight excluding hydrogens is 476 g/mol. The van der Waals surface area contributed by atoms with Gasteiger partial charge in [-0.25, -0.2) is 8.78 Å². The summed E-state index contributed by atoms with van der Waals surface area (Å²) in [7, 11) is 0. The molecule has 0 saturated carbocycles. The second kappa shape index (κ2) is 10.3. The zero-order valence-corrected chi connectivity index (χ0v) is 21.6. The van der Waals surface area contributed by atoms with Crippen LogP contribution in [-0.4, -0.2) is 60.0 Å². The molecule has 4 aliphatic rings. The van der Waals surface area contributed by atoms with E-state index in [0.29, 0.717) is 32.3 Å². The molecule has 6 rings (SSSR count). The number of amides is 1. The number of rotatable bonds is 4. The maximum atomic E-state index is 14.4. The smallest absolute Gasteiger partial charge is 0.264 e. The highest BCUT2D eigenvalue weighted by Crippen LogP contribution is 2.44. The summed E-state index contributed by atoms with van der Waals surface area (Å²) in [4.78, 5) is 16.3. The topological polar surface area (TPSA) is 62.6 Å². The van der Waals surface area contributed by atoms with Crippen LogP contribution in [-0.2, 0) is 28.9 Å². The van der Waals surface area contributed by atoms with Crippen LogP contribution in [0.25, 0.3) is 0 Å². The summed E-state index contributed by atoms with van der Waals surface area (Å²) in [6.07, 6.45) is 3.68. The first kappa shape index (κ1) is 24.8. The van der Waals surface area contributed by atoms with E-state index in [1.165, 1.54) is 5.69 Å². The summed E-state index contributed by atoms with van der Waals surface area (Å²) >= 11 is 0. The molecule has 0 atom stereocenters. The van der Waals surface area contributed by atoms with Crippen molar-refractivity contribution >= 4 is 17.4 Å². The van der Waals surface area contributed by atoms with E-state index in [1.54, 1.807) is 13.0 Å². The summed E-state index contributed by atoms with van der Waals surface area (Å²) in [5.74, 6) is 1.03. The molecule has 7 nitrogen and oxygen atoms in total. The first-order valence-electron chi connectivity index (χ1n) is 13.9. The lowest BCUT2D eigenvalue weighted by atomic mass is 9.85. The van der Waals surface area contributed by atoms with Crippen LogP contribution >= 0.6 is 0 Å². The van der Waals surface area contributed by atoms with E-state index in [-0.39, 0.29) is 17.4 Å². The second-order valence-corrected chi connectivity index (χ2v) is 10.9. The van der Waals surface area contributed by atoms with Crippen molar-refractivity contribution in [1.29, 1.82) is 0 Å². The molecule has 1 amide bonds. The number of piperidine rings is 1. The minimum absolute atomic E-state index is 0.0614. The van der Waals surface area contributed by atoms with Gasteiger partial charge in [-0.3, -0.25) is 9.48 Å². The Hall–Kier alpha value is -2.52. The number of halogens is 2. The fraction of sp³-hybridized carbons (Fsp3) is 0.643. The highest BCUT2D eigenvalue weighted by molar-refractivity contribution is 5.75. The summed E-state index contributed by atoms with van der Waals surface area (Å²) in [5.41, 5.74) is 5.22. The minimum atomic E-state index is -2.53. The van der Waals surface area contributed by atoms with Crippen LogP contribution in [0.2, 0.25) is 0 Å². The lowest BCUT2D eigenvalue weighted by Crippen LogP contribution is -2.36. The molecule has 0 spiro atoms. The number of carbonyl (C=O) groups is 1. The molecule has 0 unspecified atom stereocenters. The van der Waals surface area contributed by atoms with Crippen LogP contribution in [0.1, 0.15) is 85.4 Å². The number of anilines is 2. The Bertz CT molecular complexity index is 1150. The van der Waals surface area contributed by atoms with Gasteiger partial charge in [-0.1, -0.05) is 6.07 Å². The molecule has 9 heteroatoms. The molecule has 0 radical (unpaired) electrons. The van der Waals surface area contributed by atoms with Crippen molar-refractivity contribution in [3.63, 3.8) is 0 Å². The van der Waals surface area contributed by atoms with Crippen LogP contribution < -0.4 is 10.2 Å². The van der Waals surface area contributed by atoms with Crippen molar-refractivity contribution in [1.82, 2.24) is 20.0 Å². The molecule has 0 aliphatic carbocycles. The Morgan fingerprint density at radius 3 is 2.62 bits per heavy atom. The van der Waals surface area contributed by atoms with E-state index in [0.717, 1.165) is 92.8 Å². The number of nitrogens with zero attached hydrogens (tertiary/aromatic N) is 4. The molecule has 200 valence electrons. The molecule has 2 saturated heterocycles. The zero-order valence-electron chi connectivity index (χ0n) is 21.6. The molecule has 1 aromatic carbocycles. The monoisotopic (exact) mass is 513 g/mol. The summed E-state index contributed by atoms with van der Waals surface area (Å²) in [6, 6.07) is 4.12. The molecule has 2 aromatic rings. The average Bonchev–Trinajstić information content (AvgIpc) is 3.31. The van der Waals surface area contributed by atoms with Gasteiger partial charge < -0.3 is 19.9 Å².